The van der Waals surface area contributed by atoms with Crippen LogP contribution in [0.25, 0.3) is 0 Å². The average molecular weight is 301 g/mol. The normalized spacial score (nSPS) is 15.6. The molecule has 3 rings (SSSR count). The van der Waals surface area contributed by atoms with E-state index in [2.05, 4.69) is 24.8 Å². The topological polar surface area (TPSA) is 73.3 Å². The lowest BCUT2D eigenvalue weighted by atomic mass is 9.98. The first-order valence-corrected chi connectivity index (χ1v) is 7.35. The van der Waals surface area contributed by atoms with Gasteiger partial charge in [-0.25, -0.2) is 15.0 Å². The Morgan fingerprint density at radius 3 is 2.50 bits per heavy atom. The molecule has 0 amide bonds. The van der Waals surface area contributed by atoms with Gasteiger partial charge in [0.15, 0.2) is 5.75 Å². The van der Waals surface area contributed by atoms with E-state index in [0.29, 0.717) is 24.2 Å². The van der Waals surface area contributed by atoms with E-state index in [4.69, 9.17) is 9.47 Å². The van der Waals surface area contributed by atoms with Gasteiger partial charge >= 0.3 is 0 Å². The maximum Gasteiger partial charge on any atom is 0.232 e. The van der Waals surface area contributed by atoms with Gasteiger partial charge in [0.25, 0.3) is 0 Å². The molecule has 1 saturated heterocycles. The number of piperidine rings is 1. The molecule has 0 bridgehead atoms. The number of nitrogens with zero attached hydrogens (tertiary/aromatic N) is 5. The minimum absolute atomic E-state index is 0.525. The molecule has 3 heterocycles. The maximum absolute atomic E-state index is 5.68. The Hall–Kier alpha value is -2.44. The molecule has 2 aromatic rings. The third-order valence-electron chi connectivity index (χ3n) is 3.75. The Morgan fingerprint density at radius 2 is 1.86 bits per heavy atom. The smallest absolute Gasteiger partial charge is 0.232 e. The molecular formula is C15H19N5O2. The highest BCUT2D eigenvalue weighted by Crippen LogP contribution is 2.21. The summed E-state index contributed by atoms with van der Waals surface area (Å²) in [7, 11) is 1.61. The zero-order valence-corrected chi connectivity index (χ0v) is 12.6. The van der Waals surface area contributed by atoms with Gasteiger partial charge in [-0.2, -0.15) is 0 Å². The van der Waals surface area contributed by atoms with Crippen LogP contribution >= 0.6 is 0 Å². The summed E-state index contributed by atoms with van der Waals surface area (Å²) in [6, 6.07) is 0. The van der Waals surface area contributed by atoms with Crippen molar-refractivity contribution < 1.29 is 9.47 Å². The predicted octanol–water partition coefficient (Wildman–Crippen LogP) is 1.57. The predicted molar refractivity (Wildman–Crippen MR) is 81.0 cm³/mol. The highest BCUT2D eigenvalue weighted by atomic mass is 16.5. The quantitative estimate of drug-likeness (QED) is 0.830. The van der Waals surface area contributed by atoms with Crippen LogP contribution in [0.1, 0.15) is 12.8 Å². The molecule has 0 aromatic carbocycles. The number of hydrogen-bond donors (Lipinski definition) is 0. The van der Waals surface area contributed by atoms with Crippen LogP contribution in [0.5, 0.6) is 11.6 Å². The summed E-state index contributed by atoms with van der Waals surface area (Å²) in [6.45, 7) is 2.54. The van der Waals surface area contributed by atoms with Crippen LogP contribution in [0.4, 0.5) is 5.95 Å². The van der Waals surface area contributed by atoms with Gasteiger partial charge in [-0.05, 0) is 18.8 Å². The number of methoxy groups -OCH3 is 1. The SMILES string of the molecule is COc1cnc(N2CCC(COc3cnccn3)CC2)nc1. The molecule has 0 N–H and O–H groups in total. The van der Waals surface area contributed by atoms with E-state index in [-0.39, 0.29) is 0 Å². The summed E-state index contributed by atoms with van der Waals surface area (Å²) in [5.74, 6) is 2.55. The Labute approximate surface area is 129 Å². The first kappa shape index (κ1) is 14.5. The molecule has 1 fully saturated rings. The van der Waals surface area contributed by atoms with Crippen LogP contribution < -0.4 is 14.4 Å². The van der Waals surface area contributed by atoms with E-state index in [1.54, 1.807) is 38.1 Å². The summed E-state index contributed by atoms with van der Waals surface area (Å²) >= 11 is 0. The monoisotopic (exact) mass is 301 g/mol. The maximum atomic E-state index is 5.68. The zero-order chi connectivity index (χ0) is 15.2. The van der Waals surface area contributed by atoms with Crippen molar-refractivity contribution in [3.63, 3.8) is 0 Å². The van der Waals surface area contributed by atoms with Gasteiger partial charge in [-0.3, -0.25) is 4.98 Å². The molecule has 7 nitrogen and oxygen atoms in total. The fourth-order valence-corrected chi connectivity index (χ4v) is 2.44. The van der Waals surface area contributed by atoms with Crippen LogP contribution in [0.3, 0.4) is 0 Å². The van der Waals surface area contributed by atoms with Gasteiger partial charge < -0.3 is 14.4 Å². The number of ether oxygens (including phenoxy) is 2. The second-order valence-corrected chi connectivity index (χ2v) is 5.21. The van der Waals surface area contributed by atoms with E-state index in [1.807, 2.05) is 0 Å². The lowest BCUT2D eigenvalue weighted by Gasteiger charge is -2.31. The van der Waals surface area contributed by atoms with Crippen molar-refractivity contribution in [3.05, 3.63) is 31.0 Å². The van der Waals surface area contributed by atoms with Gasteiger partial charge in [0.1, 0.15) is 0 Å². The van der Waals surface area contributed by atoms with Gasteiger partial charge in [0.2, 0.25) is 11.8 Å². The van der Waals surface area contributed by atoms with E-state index in [1.165, 1.54) is 0 Å². The molecule has 116 valence electrons. The lowest BCUT2D eigenvalue weighted by molar-refractivity contribution is 0.215. The Balaban J connectivity index is 1.47. The largest absolute Gasteiger partial charge is 0.494 e. The summed E-state index contributed by atoms with van der Waals surface area (Å²) in [4.78, 5) is 19.0. The summed E-state index contributed by atoms with van der Waals surface area (Å²) in [5.41, 5.74) is 0. The molecule has 1 aliphatic heterocycles. The Kier molecular flexibility index (Phi) is 4.62. The third-order valence-corrected chi connectivity index (χ3v) is 3.75. The zero-order valence-electron chi connectivity index (χ0n) is 12.6. The van der Waals surface area contributed by atoms with Gasteiger partial charge in [0, 0.05) is 25.5 Å². The van der Waals surface area contributed by atoms with Crippen molar-refractivity contribution in [1.29, 1.82) is 0 Å². The second-order valence-electron chi connectivity index (χ2n) is 5.21. The molecular weight excluding hydrogens is 282 g/mol. The molecule has 0 spiro atoms. The second kappa shape index (κ2) is 7.02. The number of anilines is 1. The molecule has 22 heavy (non-hydrogen) atoms. The van der Waals surface area contributed by atoms with Crippen molar-refractivity contribution in [2.75, 3.05) is 31.7 Å². The van der Waals surface area contributed by atoms with Crippen molar-refractivity contribution in [3.8, 4) is 11.6 Å². The molecule has 0 aliphatic carbocycles. The fourth-order valence-electron chi connectivity index (χ4n) is 2.44. The summed E-state index contributed by atoms with van der Waals surface area (Å²) in [6.07, 6.45) is 10.4. The van der Waals surface area contributed by atoms with E-state index < -0.39 is 0 Å². The molecule has 7 heteroatoms. The minimum atomic E-state index is 0.525. The number of rotatable bonds is 5. The fraction of sp³-hybridized carbons (Fsp3) is 0.467. The van der Waals surface area contributed by atoms with Crippen molar-refractivity contribution >= 4 is 5.95 Å². The lowest BCUT2D eigenvalue weighted by Crippen LogP contribution is -2.36. The molecule has 0 atom stereocenters. The van der Waals surface area contributed by atoms with Crippen LogP contribution in [0.15, 0.2) is 31.0 Å². The van der Waals surface area contributed by atoms with Crippen molar-refractivity contribution in [2.24, 2.45) is 5.92 Å². The number of aromatic nitrogens is 4. The average Bonchev–Trinajstić information content (AvgIpc) is 2.61. The highest BCUT2D eigenvalue weighted by Gasteiger charge is 2.21. The highest BCUT2D eigenvalue weighted by molar-refractivity contribution is 5.31. The first-order valence-electron chi connectivity index (χ1n) is 7.35. The Morgan fingerprint density at radius 1 is 1.09 bits per heavy atom. The van der Waals surface area contributed by atoms with Crippen LogP contribution in [-0.2, 0) is 0 Å². The van der Waals surface area contributed by atoms with Crippen LogP contribution in [0, 0.1) is 5.92 Å². The molecule has 1 aliphatic rings. The number of hydrogen-bond acceptors (Lipinski definition) is 7. The standard InChI is InChI=1S/C15H19N5O2/c1-21-13-8-18-15(19-9-13)20-6-2-12(3-7-20)11-22-14-10-16-4-5-17-14/h4-5,8-10,12H,2-3,6-7,11H2,1H3. The summed E-state index contributed by atoms with van der Waals surface area (Å²) < 4.78 is 10.8. The van der Waals surface area contributed by atoms with Crippen LogP contribution in [-0.4, -0.2) is 46.7 Å². The van der Waals surface area contributed by atoms with E-state index in [9.17, 15) is 0 Å². The van der Waals surface area contributed by atoms with Crippen LogP contribution in [0.2, 0.25) is 0 Å². The van der Waals surface area contributed by atoms with E-state index >= 15 is 0 Å². The molecule has 0 radical (unpaired) electrons. The summed E-state index contributed by atoms with van der Waals surface area (Å²) in [5, 5.41) is 0. The molecule has 2 aromatic heterocycles. The van der Waals surface area contributed by atoms with Gasteiger partial charge in [0.05, 0.1) is 32.3 Å². The third kappa shape index (κ3) is 3.60. The van der Waals surface area contributed by atoms with Gasteiger partial charge in [-0.15, -0.1) is 0 Å². The van der Waals surface area contributed by atoms with Gasteiger partial charge in [-0.1, -0.05) is 0 Å². The van der Waals surface area contributed by atoms with E-state index in [0.717, 1.165) is 31.9 Å². The molecule has 0 saturated carbocycles. The Bertz CT molecular complexity index is 570. The molecule has 0 unspecified atom stereocenters. The first-order chi connectivity index (χ1) is 10.8. The minimum Gasteiger partial charge on any atom is -0.494 e. The van der Waals surface area contributed by atoms with Crippen molar-refractivity contribution in [2.45, 2.75) is 12.8 Å². The van der Waals surface area contributed by atoms with Crippen molar-refractivity contribution in [1.82, 2.24) is 19.9 Å².